The van der Waals surface area contributed by atoms with Crippen molar-refractivity contribution < 1.29 is 9.47 Å². The molecule has 0 aliphatic rings. The molecule has 0 aliphatic heterocycles. The first-order valence-corrected chi connectivity index (χ1v) is 13.5. The number of rotatable bonds is 9. The van der Waals surface area contributed by atoms with E-state index in [2.05, 4.69) is 10.2 Å². The van der Waals surface area contributed by atoms with E-state index in [4.69, 9.17) is 9.47 Å². The Bertz CT molecular complexity index is 1630. The number of hydrogen-bond donors (Lipinski definition) is 2. The Balaban J connectivity index is 1.77. The summed E-state index contributed by atoms with van der Waals surface area (Å²) >= 11 is 0. The first kappa shape index (κ1) is 26.9. The van der Waals surface area contributed by atoms with Gasteiger partial charge in [0.05, 0.1) is 35.2 Å². The zero-order valence-corrected chi connectivity index (χ0v) is 23.4. The lowest BCUT2D eigenvalue weighted by molar-refractivity contribution is 0.223. The second kappa shape index (κ2) is 11.2. The quantitative estimate of drug-likeness (QED) is 0.254. The first-order chi connectivity index (χ1) is 19.3. The highest BCUT2D eigenvalue weighted by Crippen LogP contribution is 2.37. The van der Waals surface area contributed by atoms with E-state index < -0.39 is 5.92 Å². The van der Waals surface area contributed by atoms with Crippen molar-refractivity contribution in [3.63, 3.8) is 0 Å². The van der Waals surface area contributed by atoms with Crippen LogP contribution in [0, 0.1) is 13.8 Å². The van der Waals surface area contributed by atoms with E-state index in [1.165, 1.54) is 9.36 Å². The molecule has 0 saturated carbocycles. The number of hydrogen-bond acceptors (Lipinski definition) is 4. The van der Waals surface area contributed by atoms with Crippen LogP contribution in [-0.2, 0) is 0 Å². The van der Waals surface area contributed by atoms with Crippen LogP contribution < -0.4 is 20.6 Å². The van der Waals surface area contributed by atoms with E-state index in [1.54, 1.807) is 0 Å². The summed E-state index contributed by atoms with van der Waals surface area (Å²) in [7, 11) is 0. The Labute approximate surface area is 232 Å². The number of aromatic amines is 2. The molecule has 0 aliphatic carbocycles. The van der Waals surface area contributed by atoms with Crippen LogP contribution in [0.5, 0.6) is 11.5 Å². The molecule has 0 amide bonds. The van der Waals surface area contributed by atoms with Gasteiger partial charge < -0.3 is 9.47 Å². The molecule has 2 heterocycles. The lowest BCUT2D eigenvalue weighted by Gasteiger charge is -2.20. The molecule has 8 heteroatoms. The Morgan fingerprint density at radius 1 is 0.725 bits per heavy atom. The molecule has 2 N–H and O–H groups in total. The van der Waals surface area contributed by atoms with Crippen molar-refractivity contribution in [1.29, 1.82) is 0 Å². The molecule has 5 aromatic rings. The minimum absolute atomic E-state index is 0.0455. The van der Waals surface area contributed by atoms with Gasteiger partial charge in [-0.2, -0.15) is 0 Å². The Hall–Kier alpha value is -4.72. The normalized spacial score (nSPS) is 11.4. The second-order valence-corrected chi connectivity index (χ2v) is 9.99. The van der Waals surface area contributed by atoms with Gasteiger partial charge in [0, 0.05) is 17.3 Å². The summed E-state index contributed by atoms with van der Waals surface area (Å²) in [6, 6.07) is 24.4. The Morgan fingerprint density at radius 3 is 1.68 bits per heavy atom. The molecule has 0 atom stereocenters. The molecule has 3 aromatic carbocycles. The van der Waals surface area contributed by atoms with Gasteiger partial charge in [-0.1, -0.05) is 42.5 Å². The molecule has 0 bridgehead atoms. The molecule has 8 nitrogen and oxygen atoms in total. The smallest absolute Gasteiger partial charge is 0.275 e. The van der Waals surface area contributed by atoms with E-state index >= 15 is 0 Å². The van der Waals surface area contributed by atoms with Gasteiger partial charge in [0.15, 0.2) is 11.5 Å². The highest BCUT2D eigenvalue weighted by Gasteiger charge is 2.31. The van der Waals surface area contributed by atoms with Gasteiger partial charge in [0.25, 0.3) is 11.1 Å². The monoisotopic (exact) mass is 538 g/mol. The minimum Gasteiger partial charge on any atom is -0.490 e. The maximum atomic E-state index is 14.1. The molecule has 0 saturated heterocycles. The lowest BCUT2D eigenvalue weighted by atomic mass is 9.85. The molecule has 0 unspecified atom stereocenters. The van der Waals surface area contributed by atoms with Gasteiger partial charge in [-0.15, -0.1) is 0 Å². The largest absolute Gasteiger partial charge is 0.490 e. The van der Waals surface area contributed by atoms with Crippen LogP contribution in [0.15, 0.2) is 88.5 Å². The molecule has 0 radical (unpaired) electrons. The molecule has 0 spiro atoms. The zero-order valence-electron chi connectivity index (χ0n) is 23.4. The second-order valence-electron chi connectivity index (χ2n) is 9.99. The Kier molecular flexibility index (Phi) is 7.51. The minimum atomic E-state index is -0.672. The average Bonchev–Trinajstić information content (AvgIpc) is 3.41. The number of para-hydroxylation sites is 2. The maximum Gasteiger partial charge on any atom is 0.275 e. The van der Waals surface area contributed by atoms with Crippen LogP contribution >= 0.6 is 0 Å². The number of nitrogens with zero attached hydrogens (tertiary/aromatic N) is 2. The van der Waals surface area contributed by atoms with Crippen molar-refractivity contribution in [2.75, 3.05) is 6.61 Å². The fourth-order valence-corrected chi connectivity index (χ4v) is 5.12. The van der Waals surface area contributed by atoms with Crippen LogP contribution in [0.3, 0.4) is 0 Å². The summed E-state index contributed by atoms with van der Waals surface area (Å²) in [5.74, 6) is 0.501. The van der Waals surface area contributed by atoms with Crippen molar-refractivity contribution in [2.24, 2.45) is 0 Å². The Morgan fingerprint density at radius 2 is 1.23 bits per heavy atom. The summed E-state index contributed by atoms with van der Waals surface area (Å²) in [6.07, 6.45) is -0.0455. The van der Waals surface area contributed by atoms with Gasteiger partial charge >= 0.3 is 0 Å². The third-order valence-corrected chi connectivity index (χ3v) is 6.80. The third kappa shape index (κ3) is 5.00. The van der Waals surface area contributed by atoms with Crippen LogP contribution in [0.25, 0.3) is 11.4 Å². The lowest BCUT2D eigenvalue weighted by Crippen LogP contribution is -2.25. The number of H-pyrrole nitrogens is 2. The van der Waals surface area contributed by atoms with Gasteiger partial charge in [-0.3, -0.25) is 19.8 Å². The summed E-state index contributed by atoms with van der Waals surface area (Å²) in [5, 5.41) is 6.47. The van der Waals surface area contributed by atoms with Crippen LogP contribution in [0.4, 0.5) is 0 Å². The molecule has 40 heavy (non-hydrogen) atoms. The van der Waals surface area contributed by atoms with Crippen LogP contribution in [-0.4, -0.2) is 32.3 Å². The molecule has 5 rings (SSSR count). The summed E-state index contributed by atoms with van der Waals surface area (Å²) in [6.45, 7) is 9.98. The number of nitrogens with one attached hydrogen (secondary N) is 2. The van der Waals surface area contributed by atoms with Gasteiger partial charge in [-0.25, -0.2) is 9.36 Å². The number of ether oxygens (including phenoxy) is 2. The van der Waals surface area contributed by atoms with Gasteiger partial charge in [0.2, 0.25) is 0 Å². The van der Waals surface area contributed by atoms with Crippen molar-refractivity contribution in [1.82, 2.24) is 19.6 Å². The number of aryl methyl sites for hydroxylation is 2. The van der Waals surface area contributed by atoms with Crippen LogP contribution in [0.1, 0.15) is 54.8 Å². The summed E-state index contributed by atoms with van der Waals surface area (Å²) in [5.41, 5.74) is 4.05. The van der Waals surface area contributed by atoms with E-state index in [0.717, 1.165) is 5.56 Å². The first-order valence-electron chi connectivity index (χ1n) is 13.5. The highest BCUT2D eigenvalue weighted by molar-refractivity contribution is 5.52. The number of benzene rings is 3. The SMILES string of the molecule is CCOc1cc(C(c2c(C)[nH]n(-c3ccccc3)c2=O)c2c(C)[nH]n(-c3ccccc3)c2=O)ccc1OC(C)C. The zero-order chi connectivity index (χ0) is 28.4. The standard InChI is InChI=1S/C32H34N4O4/c1-6-39-27-19-23(17-18-26(27)40-20(2)3)30(28-21(4)33-35(31(28)37)24-13-9-7-10-14-24)29-22(5)34-36(32(29)38)25-15-11-8-12-16-25/h7-20,30,33-34H,6H2,1-5H3. The van der Waals surface area contributed by atoms with Gasteiger partial charge in [-0.05, 0) is 76.6 Å². The average molecular weight is 539 g/mol. The molecule has 0 fully saturated rings. The fraction of sp³-hybridized carbons (Fsp3) is 0.250. The topological polar surface area (TPSA) is 94.0 Å². The van der Waals surface area contributed by atoms with Crippen LogP contribution in [0.2, 0.25) is 0 Å². The maximum absolute atomic E-state index is 14.1. The van der Waals surface area contributed by atoms with Gasteiger partial charge in [0.1, 0.15) is 0 Å². The van der Waals surface area contributed by atoms with E-state index in [1.807, 2.05) is 113 Å². The fourth-order valence-electron chi connectivity index (χ4n) is 5.12. The van der Waals surface area contributed by atoms with Crippen molar-refractivity contribution in [3.8, 4) is 22.9 Å². The molecule has 2 aromatic heterocycles. The van der Waals surface area contributed by atoms with E-state index in [-0.39, 0.29) is 17.2 Å². The van der Waals surface area contributed by atoms with E-state index in [9.17, 15) is 9.59 Å². The predicted octanol–water partition coefficient (Wildman–Crippen LogP) is 5.63. The predicted molar refractivity (Wildman–Crippen MR) is 157 cm³/mol. The molecule has 206 valence electrons. The third-order valence-electron chi connectivity index (χ3n) is 6.80. The molecular weight excluding hydrogens is 504 g/mol. The molecular formula is C32H34N4O4. The summed E-state index contributed by atoms with van der Waals surface area (Å²) < 4.78 is 15.0. The van der Waals surface area contributed by atoms with Crippen molar-refractivity contribution in [2.45, 2.75) is 46.6 Å². The number of aromatic nitrogens is 4. The van der Waals surface area contributed by atoms with E-state index in [0.29, 0.717) is 52.0 Å². The highest BCUT2D eigenvalue weighted by atomic mass is 16.5. The van der Waals surface area contributed by atoms with Crippen molar-refractivity contribution >= 4 is 0 Å². The van der Waals surface area contributed by atoms with Crippen molar-refractivity contribution in [3.05, 3.63) is 128 Å². The summed E-state index contributed by atoms with van der Waals surface area (Å²) in [4.78, 5) is 28.1.